The second-order valence-electron chi connectivity index (χ2n) is 3.35. The number of carbonyl (C=O) groups is 1. The highest BCUT2D eigenvalue weighted by Gasteiger charge is 2.06. The maximum atomic E-state index is 11.6. The molecular formula is C11H12N4O. The molecule has 2 aromatic rings. The maximum Gasteiger partial charge on any atom is 0.270 e. The summed E-state index contributed by atoms with van der Waals surface area (Å²) in [6.07, 6.45) is 5.13. The molecule has 0 aliphatic heterocycles. The number of amides is 1. The minimum absolute atomic E-state index is 0.191. The van der Waals surface area contributed by atoms with Crippen molar-refractivity contribution in [2.24, 2.45) is 7.05 Å². The number of aryl methyl sites for hydroxylation is 1. The molecule has 0 spiro atoms. The van der Waals surface area contributed by atoms with Crippen molar-refractivity contribution in [2.45, 2.75) is 6.54 Å². The molecule has 82 valence electrons. The standard InChI is InChI=1S/C11H12N4O/c1-15-7-6-13-10(15)8-14-11(16)9-4-2-3-5-12-9/h2-7H,8H2,1H3,(H,14,16). The van der Waals surface area contributed by atoms with E-state index in [-0.39, 0.29) is 5.91 Å². The smallest absolute Gasteiger partial charge is 0.270 e. The Kier molecular flexibility index (Phi) is 2.95. The Morgan fingerprint density at radius 3 is 2.88 bits per heavy atom. The number of nitrogens with zero attached hydrogens (tertiary/aromatic N) is 3. The first-order valence-electron chi connectivity index (χ1n) is 4.93. The van der Waals surface area contributed by atoms with Crippen molar-refractivity contribution in [2.75, 3.05) is 0 Å². The zero-order chi connectivity index (χ0) is 11.4. The van der Waals surface area contributed by atoms with Crippen LogP contribution in [0, 0.1) is 0 Å². The van der Waals surface area contributed by atoms with Crippen molar-refractivity contribution in [3.63, 3.8) is 0 Å². The predicted molar refractivity (Wildman–Crippen MR) is 58.6 cm³/mol. The zero-order valence-electron chi connectivity index (χ0n) is 8.92. The van der Waals surface area contributed by atoms with Crippen LogP contribution in [-0.4, -0.2) is 20.4 Å². The van der Waals surface area contributed by atoms with Gasteiger partial charge in [-0.3, -0.25) is 9.78 Å². The van der Waals surface area contributed by atoms with E-state index in [0.717, 1.165) is 5.82 Å². The van der Waals surface area contributed by atoms with Crippen LogP contribution in [0.4, 0.5) is 0 Å². The minimum atomic E-state index is -0.191. The first-order chi connectivity index (χ1) is 7.77. The van der Waals surface area contributed by atoms with E-state index in [1.807, 2.05) is 17.8 Å². The Morgan fingerprint density at radius 2 is 2.25 bits per heavy atom. The van der Waals surface area contributed by atoms with Gasteiger partial charge in [0, 0.05) is 25.6 Å². The van der Waals surface area contributed by atoms with Gasteiger partial charge < -0.3 is 9.88 Å². The van der Waals surface area contributed by atoms with Gasteiger partial charge in [-0.2, -0.15) is 0 Å². The topological polar surface area (TPSA) is 59.8 Å². The molecule has 2 rings (SSSR count). The Labute approximate surface area is 93.2 Å². The Bertz CT molecular complexity index is 478. The van der Waals surface area contributed by atoms with Crippen LogP contribution in [0.1, 0.15) is 16.3 Å². The molecule has 0 saturated carbocycles. The highest BCUT2D eigenvalue weighted by Crippen LogP contribution is 1.96. The Balaban J connectivity index is 1.97. The molecule has 0 fully saturated rings. The summed E-state index contributed by atoms with van der Waals surface area (Å²) in [5.41, 5.74) is 0.414. The van der Waals surface area contributed by atoms with Crippen LogP contribution < -0.4 is 5.32 Å². The highest BCUT2D eigenvalue weighted by atomic mass is 16.1. The first-order valence-corrected chi connectivity index (χ1v) is 4.93. The summed E-state index contributed by atoms with van der Waals surface area (Å²) in [5.74, 6) is 0.618. The lowest BCUT2D eigenvalue weighted by atomic mass is 10.3. The molecule has 0 saturated heterocycles. The second kappa shape index (κ2) is 4.57. The van der Waals surface area contributed by atoms with Crippen molar-refractivity contribution in [1.29, 1.82) is 0 Å². The third-order valence-corrected chi connectivity index (χ3v) is 2.23. The summed E-state index contributed by atoms with van der Waals surface area (Å²) in [6.45, 7) is 0.402. The van der Waals surface area contributed by atoms with Crippen molar-refractivity contribution >= 4 is 5.91 Å². The van der Waals surface area contributed by atoms with Crippen molar-refractivity contribution < 1.29 is 4.79 Å². The molecular weight excluding hydrogens is 204 g/mol. The quantitative estimate of drug-likeness (QED) is 0.823. The van der Waals surface area contributed by atoms with Gasteiger partial charge in [-0.05, 0) is 12.1 Å². The fourth-order valence-corrected chi connectivity index (χ4v) is 1.31. The van der Waals surface area contributed by atoms with Crippen LogP contribution in [0.15, 0.2) is 36.8 Å². The van der Waals surface area contributed by atoms with Crippen LogP contribution in [-0.2, 0) is 13.6 Å². The van der Waals surface area contributed by atoms with E-state index in [0.29, 0.717) is 12.2 Å². The number of aromatic nitrogens is 3. The molecule has 0 aliphatic rings. The first kappa shape index (κ1) is 10.4. The predicted octanol–water partition coefficient (Wildman–Crippen LogP) is 0.745. The summed E-state index contributed by atoms with van der Waals surface area (Å²) in [7, 11) is 1.88. The molecule has 0 aromatic carbocycles. The van der Waals surface area contributed by atoms with E-state index in [1.54, 1.807) is 30.6 Å². The average Bonchev–Trinajstić information content (AvgIpc) is 2.73. The van der Waals surface area contributed by atoms with Crippen LogP contribution in [0.5, 0.6) is 0 Å². The van der Waals surface area contributed by atoms with Crippen molar-refractivity contribution in [3.8, 4) is 0 Å². The van der Waals surface area contributed by atoms with Gasteiger partial charge >= 0.3 is 0 Å². The van der Waals surface area contributed by atoms with E-state index >= 15 is 0 Å². The summed E-state index contributed by atoms with van der Waals surface area (Å²) in [6, 6.07) is 5.23. The van der Waals surface area contributed by atoms with E-state index in [4.69, 9.17) is 0 Å². The van der Waals surface area contributed by atoms with Crippen LogP contribution >= 0.6 is 0 Å². The number of hydrogen-bond donors (Lipinski definition) is 1. The summed E-state index contributed by atoms with van der Waals surface area (Å²) in [4.78, 5) is 19.7. The number of hydrogen-bond acceptors (Lipinski definition) is 3. The van der Waals surface area contributed by atoms with Gasteiger partial charge in [0.15, 0.2) is 0 Å². The monoisotopic (exact) mass is 216 g/mol. The van der Waals surface area contributed by atoms with Gasteiger partial charge in [-0.25, -0.2) is 4.98 Å². The van der Waals surface area contributed by atoms with Gasteiger partial charge in [-0.15, -0.1) is 0 Å². The molecule has 2 aromatic heterocycles. The van der Waals surface area contributed by atoms with Gasteiger partial charge in [0.1, 0.15) is 11.5 Å². The highest BCUT2D eigenvalue weighted by molar-refractivity contribution is 5.92. The molecule has 1 N–H and O–H groups in total. The minimum Gasteiger partial charge on any atom is -0.343 e. The number of rotatable bonds is 3. The second-order valence-corrected chi connectivity index (χ2v) is 3.35. The maximum absolute atomic E-state index is 11.6. The molecule has 0 unspecified atom stereocenters. The molecule has 0 atom stereocenters. The molecule has 16 heavy (non-hydrogen) atoms. The Morgan fingerprint density at radius 1 is 1.38 bits per heavy atom. The molecule has 0 aliphatic carbocycles. The van der Waals surface area contributed by atoms with Gasteiger partial charge in [0.25, 0.3) is 5.91 Å². The van der Waals surface area contributed by atoms with Gasteiger partial charge in [0.05, 0.1) is 6.54 Å². The third-order valence-electron chi connectivity index (χ3n) is 2.23. The normalized spacial score (nSPS) is 10.1. The van der Waals surface area contributed by atoms with E-state index in [9.17, 15) is 4.79 Å². The summed E-state index contributed by atoms with van der Waals surface area (Å²) in [5, 5.41) is 2.76. The van der Waals surface area contributed by atoms with E-state index in [2.05, 4.69) is 15.3 Å². The molecule has 0 radical (unpaired) electrons. The number of imidazole rings is 1. The molecule has 5 nitrogen and oxygen atoms in total. The van der Waals surface area contributed by atoms with Crippen molar-refractivity contribution in [3.05, 3.63) is 48.3 Å². The summed E-state index contributed by atoms with van der Waals surface area (Å²) >= 11 is 0. The number of pyridine rings is 1. The zero-order valence-corrected chi connectivity index (χ0v) is 8.92. The van der Waals surface area contributed by atoms with Gasteiger partial charge in [-0.1, -0.05) is 6.07 Å². The van der Waals surface area contributed by atoms with Crippen LogP contribution in [0.2, 0.25) is 0 Å². The van der Waals surface area contributed by atoms with Crippen molar-refractivity contribution in [1.82, 2.24) is 19.9 Å². The van der Waals surface area contributed by atoms with Crippen LogP contribution in [0.25, 0.3) is 0 Å². The van der Waals surface area contributed by atoms with Gasteiger partial charge in [0.2, 0.25) is 0 Å². The molecule has 5 heteroatoms. The lowest BCUT2D eigenvalue weighted by molar-refractivity contribution is 0.0944. The third kappa shape index (κ3) is 2.25. The molecule has 2 heterocycles. The number of carbonyl (C=O) groups excluding carboxylic acids is 1. The number of nitrogens with one attached hydrogen (secondary N) is 1. The van der Waals surface area contributed by atoms with E-state index in [1.165, 1.54) is 0 Å². The summed E-state index contributed by atoms with van der Waals surface area (Å²) < 4.78 is 1.86. The largest absolute Gasteiger partial charge is 0.343 e. The lowest BCUT2D eigenvalue weighted by Gasteiger charge is -2.04. The van der Waals surface area contributed by atoms with Crippen LogP contribution in [0.3, 0.4) is 0 Å². The molecule has 0 bridgehead atoms. The Hall–Kier alpha value is -2.17. The fourth-order valence-electron chi connectivity index (χ4n) is 1.31. The average molecular weight is 216 g/mol. The molecule has 1 amide bonds. The SMILES string of the molecule is Cn1ccnc1CNC(=O)c1ccccn1. The van der Waals surface area contributed by atoms with E-state index < -0.39 is 0 Å². The lowest BCUT2D eigenvalue weighted by Crippen LogP contribution is -2.25. The fraction of sp³-hybridized carbons (Fsp3) is 0.182.